The number of halogens is 2. The van der Waals surface area contributed by atoms with Gasteiger partial charge in [-0.1, -0.05) is 0 Å². The minimum absolute atomic E-state index is 0.168. The number of amides is 1. The van der Waals surface area contributed by atoms with Crippen molar-refractivity contribution in [2.75, 3.05) is 19.0 Å². The number of hydrogen-bond donors (Lipinski definition) is 2. The molecule has 2 N–H and O–H groups in total. The van der Waals surface area contributed by atoms with Crippen molar-refractivity contribution in [1.82, 2.24) is 5.32 Å². The fourth-order valence-electron chi connectivity index (χ4n) is 1.80. The molecule has 2 rings (SSSR count). The lowest BCUT2D eigenvalue weighted by atomic mass is 10.1. The van der Waals surface area contributed by atoms with Crippen LogP contribution in [0.3, 0.4) is 0 Å². The Labute approximate surface area is 120 Å². The second kappa shape index (κ2) is 6.62. The molecule has 21 heavy (non-hydrogen) atoms. The molecule has 0 atom stereocenters. The summed E-state index contributed by atoms with van der Waals surface area (Å²) in [5.41, 5.74) is -0.668. The first-order valence-corrected chi connectivity index (χ1v) is 6.62. The predicted molar refractivity (Wildman–Crippen MR) is 72.0 cm³/mol. The van der Waals surface area contributed by atoms with Crippen LogP contribution in [0.4, 0.5) is 14.5 Å². The summed E-state index contributed by atoms with van der Waals surface area (Å²) in [5.74, 6) is -3.32. The molecule has 0 radical (unpaired) electrons. The average molecular weight is 298 g/mol. The minimum atomic E-state index is -1.03. The number of carbonyl (C=O) groups excluding carboxylic acids is 2. The maximum Gasteiger partial charge on any atom is 0.340 e. The van der Waals surface area contributed by atoms with Gasteiger partial charge in [0.2, 0.25) is 5.91 Å². The molecule has 1 fully saturated rings. The Morgan fingerprint density at radius 1 is 1.29 bits per heavy atom. The van der Waals surface area contributed by atoms with Gasteiger partial charge in [0.15, 0.2) is 0 Å². The van der Waals surface area contributed by atoms with E-state index in [4.69, 9.17) is 0 Å². The number of anilines is 1. The van der Waals surface area contributed by atoms with Gasteiger partial charge in [-0.3, -0.25) is 4.79 Å². The molecule has 1 amide bonds. The molecular formula is C14H16F2N2O3. The Morgan fingerprint density at radius 3 is 2.62 bits per heavy atom. The van der Waals surface area contributed by atoms with Crippen molar-refractivity contribution in [1.29, 1.82) is 0 Å². The van der Waals surface area contributed by atoms with Gasteiger partial charge < -0.3 is 15.4 Å². The quantitative estimate of drug-likeness (QED) is 0.786. The molecule has 1 aromatic carbocycles. The van der Waals surface area contributed by atoms with Crippen molar-refractivity contribution in [2.45, 2.75) is 25.3 Å². The van der Waals surface area contributed by atoms with Crippen LogP contribution >= 0.6 is 0 Å². The highest BCUT2D eigenvalue weighted by Gasteiger charge is 2.21. The van der Waals surface area contributed by atoms with Crippen LogP contribution in [0.5, 0.6) is 0 Å². The Balaban J connectivity index is 2.00. The third-order valence-electron chi connectivity index (χ3n) is 3.10. The molecule has 1 aliphatic carbocycles. The topological polar surface area (TPSA) is 67.4 Å². The number of hydrogen-bond acceptors (Lipinski definition) is 4. The second-order valence-electron chi connectivity index (χ2n) is 4.83. The maximum atomic E-state index is 13.6. The first-order chi connectivity index (χ1) is 10.0. The Morgan fingerprint density at radius 2 is 2.00 bits per heavy atom. The van der Waals surface area contributed by atoms with Gasteiger partial charge in [-0.15, -0.1) is 0 Å². The zero-order valence-corrected chi connectivity index (χ0v) is 11.5. The van der Waals surface area contributed by atoms with Gasteiger partial charge in [-0.05, 0) is 18.9 Å². The number of nitrogens with one attached hydrogen (secondary N) is 2. The van der Waals surface area contributed by atoms with E-state index in [-0.39, 0.29) is 12.1 Å². The molecule has 7 heteroatoms. The summed E-state index contributed by atoms with van der Waals surface area (Å²) >= 11 is 0. The summed E-state index contributed by atoms with van der Waals surface area (Å²) in [5, 5.41) is 5.47. The van der Waals surface area contributed by atoms with Crippen LogP contribution in [0.15, 0.2) is 12.1 Å². The van der Waals surface area contributed by atoms with E-state index in [2.05, 4.69) is 15.4 Å². The van der Waals surface area contributed by atoms with E-state index in [0.717, 1.165) is 26.0 Å². The Bertz CT molecular complexity index is 559. The standard InChI is InChI=1S/C14H16F2N2O3/c1-21-14(20)9-6-12(11(16)7-10(9)15)18-13(19)4-5-17-8-2-3-8/h6-8,17H,2-5H2,1H3,(H,18,19). The van der Waals surface area contributed by atoms with E-state index >= 15 is 0 Å². The number of methoxy groups -OCH3 is 1. The van der Waals surface area contributed by atoms with Crippen LogP contribution in [0.1, 0.15) is 29.6 Å². The third kappa shape index (κ3) is 4.22. The van der Waals surface area contributed by atoms with Crippen molar-refractivity contribution >= 4 is 17.6 Å². The maximum absolute atomic E-state index is 13.6. The molecule has 0 aromatic heterocycles. The zero-order chi connectivity index (χ0) is 15.4. The highest BCUT2D eigenvalue weighted by atomic mass is 19.1. The summed E-state index contributed by atoms with van der Waals surface area (Å²) in [4.78, 5) is 23.0. The van der Waals surface area contributed by atoms with Crippen molar-refractivity contribution in [3.05, 3.63) is 29.3 Å². The number of rotatable bonds is 6. The van der Waals surface area contributed by atoms with Crippen LogP contribution in [-0.4, -0.2) is 31.6 Å². The number of benzene rings is 1. The van der Waals surface area contributed by atoms with E-state index in [1.165, 1.54) is 0 Å². The first-order valence-electron chi connectivity index (χ1n) is 6.62. The van der Waals surface area contributed by atoms with Gasteiger partial charge in [0.1, 0.15) is 11.6 Å². The molecule has 1 aliphatic rings. The monoisotopic (exact) mass is 298 g/mol. The summed E-state index contributed by atoms with van der Waals surface area (Å²) < 4.78 is 31.4. The summed E-state index contributed by atoms with van der Waals surface area (Å²) in [6.07, 6.45) is 2.38. The van der Waals surface area contributed by atoms with E-state index in [1.54, 1.807) is 0 Å². The van der Waals surface area contributed by atoms with Crippen LogP contribution in [-0.2, 0) is 9.53 Å². The molecule has 0 aliphatic heterocycles. The highest BCUT2D eigenvalue weighted by molar-refractivity contribution is 5.94. The smallest absolute Gasteiger partial charge is 0.340 e. The summed E-state index contributed by atoms with van der Waals surface area (Å²) in [6, 6.07) is 1.96. The van der Waals surface area contributed by atoms with E-state index in [9.17, 15) is 18.4 Å². The van der Waals surface area contributed by atoms with Crippen LogP contribution in [0, 0.1) is 11.6 Å². The predicted octanol–water partition coefficient (Wildman–Crippen LogP) is 1.83. The van der Waals surface area contributed by atoms with Gasteiger partial charge in [-0.25, -0.2) is 13.6 Å². The molecule has 5 nitrogen and oxygen atoms in total. The summed E-state index contributed by atoms with van der Waals surface area (Å²) in [7, 11) is 1.09. The molecule has 1 saturated carbocycles. The van der Waals surface area contributed by atoms with E-state index in [0.29, 0.717) is 18.7 Å². The molecule has 0 saturated heterocycles. The van der Waals surface area contributed by atoms with Gasteiger partial charge in [-0.2, -0.15) is 0 Å². The number of carbonyl (C=O) groups is 2. The number of esters is 1. The third-order valence-corrected chi connectivity index (χ3v) is 3.10. The van der Waals surface area contributed by atoms with E-state index < -0.39 is 29.1 Å². The first kappa shape index (κ1) is 15.4. The zero-order valence-electron chi connectivity index (χ0n) is 11.5. The molecule has 1 aromatic rings. The Kier molecular flexibility index (Phi) is 4.85. The normalized spacial score (nSPS) is 13.9. The van der Waals surface area contributed by atoms with Crippen LogP contribution in [0.2, 0.25) is 0 Å². The fraction of sp³-hybridized carbons (Fsp3) is 0.429. The van der Waals surface area contributed by atoms with Crippen molar-refractivity contribution in [3.63, 3.8) is 0 Å². The lowest BCUT2D eigenvalue weighted by Crippen LogP contribution is -2.23. The van der Waals surface area contributed by atoms with Gasteiger partial charge in [0, 0.05) is 25.1 Å². The second-order valence-corrected chi connectivity index (χ2v) is 4.83. The Hall–Kier alpha value is -2.02. The molecule has 0 heterocycles. The van der Waals surface area contributed by atoms with Gasteiger partial charge in [0.25, 0.3) is 0 Å². The molecule has 0 spiro atoms. The van der Waals surface area contributed by atoms with Gasteiger partial charge >= 0.3 is 5.97 Å². The average Bonchev–Trinajstić information content (AvgIpc) is 3.25. The van der Waals surface area contributed by atoms with Crippen LogP contribution in [0.25, 0.3) is 0 Å². The minimum Gasteiger partial charge on any atom is -0.465 e. The summed E-state index contributed by atoms with van der Waals surface area (Å²) in [6.45, 7) is 0.489. The SMILES string of the molecule is COC(=O)c1cc(NC(=O)CCNC2CC2)c(F)cc1F. The molecule has 0 unspecified atom stereocenters. The highest BCUT2D eigenvalue weighted by Crippen LogP contribution is 2.21. The fourth-order valence-corrected chi connectivity index (χ4v) is 1.80. The van der Waals surface area contributed by atoms with E-state index in [1.807, 2.05) is 0 Å². The lowest BCUT2D eigenvalue weighted by Gasteiger charge is -2.09. The molecule has 0 bridgehead atoms. The number of ether oxygens (including phenoxy) is 1. The lowest BCUT2D eigenvalue weighted by molar-refractivity contribution is -0.116. The molecule has 114 valence electrons. The van der Waals surface area contributed by atoms with Crippen LogP contribution < -0.4 is 10.6 Å². The van der Waals surface area contributed by atoms with Crippen molar-refractivity contribution in [2.24, 2.45) is 0 Å². The van der Waals surface area contributed by atoms with Gasteiger partial charge in [0.05, 0.1) is 18.4 Å². The largest absolute Gasteiger partial charge is 0.465 e. The van der Waals surface area contributed by atoms with Crippen molar-refractivity contribution < 1.29 is 23.1 Å². The molecular weight excluding hydrogens is 282 g/mol. The van der Waals surface area contributed by atoms with Crippen molar-refractivity contribution in [3.8, 4) is 0 Å².